The Balaban J connectivity index is 1.79. The zero-order valence-corrected chi connectivity index (χ0v) is 15.1. The van der Waals surface area contributed by atoms with Gasteiger partial charge in [-0.2, -0.15) is 0 Å². The van der Waals surface area contributed by atoms with Crippen molar-refractivity contribution in [2.75, 3.05) is 6.61 Å². The number of amides is 2. The van der Waals surface area contributed by atoms with Gasteiger partial charge in [-0.05, 0) is 68.1 Å². The second-order valence-electron chi connectivity index (χ2n) is 7.39. The molecule has 2 saturated carbocycles. The number of hydrogen-bond donors (Lipinski definition) is 2. The van der Waals surface area contributed by atoms with Gasteiger partial charge in [0.25, 0.3) is 5.91 Å². The number of hydrogen-bond acceptors (Lipinski definition) is 3. The average molecular weight is 344 g/mol. The van der Waals surface area contributed by atoms with Crippen LogP contribution in [0.1, 0.15) is 74.2 Å². The van der Waals surface area contributed by atoms with Gasteiger partial charge >= 0.3 is 0 Å². The summed E-state index contributed by atoms with van der Waals surface area (Å²) in [5.41, 5.74) is 6.25. The minimum Gasteiger partial charge on any atom is -0.493 e. The normalized spacial score (nSPS) is 17.2. The van der Waals surface area contributed by atoms with Crippen molar-refractivity contribution >= 4 is 11.8 Å². The lowest BCUT2D eigenvalue weighted by molar-refractivity contribution is -0.124. The first-order valence-corrected chi connectivity index (χ1v) is 9.38. The Bertz CT molecular complexity index is 659. The van der Waals surface area contributed by atoms with E-state index in [1.807, 2.05) is 32.0 Å². The van der Waals surface area contributed by atoms with Crippen LogP contribution in [0.4, 0.5) is 0 Å². The van der Waals surface area contributed by atoms with E-state index in [2.05, 4.69) is 5.32 Å². The van der Waals surface area contributed by atoms with Crippen molar-refractivity contribution in [1.82, 2.24) is 5.32 Å². The summed E-state index contributed by atoms with van der Waals surface area (Å²) in [6.07, 6.45) is 5.76. The van der Waals surface area contributed by atoms with E-state index in [0.717, 1.165) is 12.4 Å². The van der Waals surface area contributed by atoms with Crippen LogP contribution in [0.25, 0.3) is 0 Å². The highest BCUT2D eigenvalue weighted by Crippen LogP contribution is 2.45. The van der Waals surface area contributed by atoms with E-state index in [1.165, 1.54) is 31.2 Å². The van der Waals surface area contributed by atoms with Gasteiger partial charge in [0.05, 0.1) is 6.61 Å². The standard InChI is InChI=1S/C20H28N2O3/c1-3-20(4-2,19(21)24)22-18(23)15-9-10-16(14-7-8-14)17(11-15)25-12-13-5-6-13/h9-11,13-14H,3-8,12H2,1-2H3,(H2,21,24)(H,22,23). The molecule has 0 aromatic heterocycles. The van der Waals surface area contributed by atoms with Crippen LogP contribution in [0.2, 0.25) is 0 Å². The fourth-order valence-corrected chi connectivity index (χ4v) is 3.15. The maximum atomic E-state index is 12.7. The molecule has 0 bridgehead atoms. The van der Waals surface area contributed by atoms with Crippen molar-refractivity contribution in [2.45, 2.75) is 63.8 Å². The van der Waals surface area contributed by atoms with Crippen molar-refractivity contribution in [2.24, 2.45) is 11.7 Å². The van der Waals surface area contributed by atoms with Crippen molar-refractivity contribution in [3.8, 4) is 5.75 Å². The third kappa shape index (κ3) is 3.97. The van der Waals surface area contributed by atoms with E-state index in [0.29, 0.717) is 30.2 Å². The summed E-state index contributed by atoms with van der Waals surface area (Å²) >= 11 is 0. The molecule has 0 aliphatic heterocycles. The van der Waals surface area contributed by atoms with Gasteiger partial charge in [-0.25, -0.2) is 0 Å². The Morgan fingerprint density at radius 1 is 1.20 bits per heavy atom. The molecule has 136 valence electrons. The molecule has 2 fully saturated rings. The highest BCUT2D eigenvalue weighted by molar-refractivity contribution is 5.99. The summed E-state index contributed by atoms with van der Waals surface area (Å²) in [6.45, 7) is 4.43. The average Bonchev–Trinajstić information content (AvgIpc) is 3.50. The lowest BCUT2D eigenvalue weighted by atomic mass is 9.91. The maximum Gasteiger partial charge on any atom is 0.252 e. The molecule has 0 radical (unpaired) electrons. The Hall–Kier alpha value is -2.04. The SMILES string of the molecule is CCC(CC)(NC(=O)c1ccc(C2CC2)c(OCC2CC2)c1)C(N)=O. The van der Waals surface area contributed by atoms with E-state index >= 15 is 0 Å². The van der Waals surface area contributed by atoms with Gasteiger partial charge in [-0.15, -0.1) is 0 Å². The molecule has 2 aliphatic rings. The van der Waals surface area contributed by atoms with Gasteiger partial charge in [0.2, 0.25) is 5.91 Å². The van der Waals surface area contributed by atoms with E-state index in [9.17, 15) is 9.59 Å². The molecule has 25 heavy (non-hydrogen) atoms. The highest BCUT2D eigenvalue weighted by Gasteiger charge is 2.35. The van der Waals surface area contributed by atoms with E-state index < -0.39 is 11.4 Å². The number of benzene rings is 1. The van der Waals surface area contributed by atoms with Gasteiger partial charge in [0, 0.05) is 5.56 Å². The molecular formula is C20H28N2O3. The molecule has 2 amide bonds. The molecule has 1 aromatic rings. The van der Waals surface area contributed by atoms with Crippen LogP contribution in [-0.4, -0.2) is 24.0 Å². The van der Waals surface area contributed by atoms with E-state index in [-0.39, 0.29) is 5.91 Å². The van der Waals surface area contributed by atoms with Crippen molar-refractivity contribution < 1.29 is 14.3 Å². The molecule has 5 nitrogen and oxygen atoms in total. The molecule has 5 heteroatoms. The predicted octanol–water partition coefficient (Wildman–Crippen LogP) is 3.13. The largest absolute Gasteiger partial charge is 0.493 e. The molecule has 0 heterocycles. The lowest BCUT2D eigenvalue weighted by Crippen LogP contribution is -2.56. The Morgan fingerprint density at radius 2 is 1.88 bits per heavy atom. The Morgan fingerprint density at radius 3 is 2.40 bits per heavy atom. The Kier molecular flexibility index (Phi) is 5.02. The van der Waals surface area contributed by atoms with Crippen LogP contribution in [0, 0.1) is 5.92 Å². The number of ether oxygens (including phenoxy) is 1. The topological polar surface area (TPSA) is 81.4 Å². The van der Waals surface area contributed by atoms with Crippen molar-refractivity contribution in [3.05, 3.63) is 29.3 Å². The summed E-state index contributed by atoms with van der Waals surface area (Å²) in [4.78, 5) is 24.5. The minimum absolute atomic E-state index is 0.277. The number of carbonyl (C=O) groups excluding carboxylic acids is 2. The van der Waals surface area contributed by atoms with E-state index in [1.54, 1.807) is 0 Å². The quantitative estimate of drug-likeness (QED) is 0.722. The van der Waals surface area contributed by atoms with E-state index in [4.69, 9.17) is 10.5 Å². The summed E-state index contributed by atoms with van der Waals surface area (Å²) in [5.74, 6) is 1.26. The number of rotatable bonds is 9. The molecular weight excluding hydrogens is 316 g/mol. The summed E-state index contributed by atoms with van der Waals surface area (Å²) in [7, 11) is 0. The second kappa shape index (κ2) is 7.06. The molecule has 2 aliphatic carbocycles. The van der Waals surface area contributed by atoms with Crippen LogP contribution >= 0.6 is 0 Å². The first kappa shape index (κ1) is 17.8. The monoisotopic (exact) mass is 344 g/mol. The second-order valence-corrected chi connectivity index (χ2v) is 7.39. The number of primary amides is 1. The summed E-state index contributed by atoms with van der Waals surface area (Å²) < 4.78 is 6.01. The fourth-order valence-electron chi connectivity index (χ4n) is 3.15. The molecule has 1 aromatic carbocycles. The third-order valence-corrected chi connectivity index (χ3v) is 5.50. The van der Waals surface area contributed by atoms with Crippen molar-refractivity contribution in [1.29, 1.82) is 0 Å². The molecule has 3 rings (SSSR count). The van der Waals surface area contributed by atoms with Gasteiger partial charge in [0.15, 0.2) is 0 Å². The molecule has 0 saturated heterocycles. The molecule has 0 unspecified atom stereocenters. The number of carbonyl (C=O) groups is 2. The van der Waals surface area contributed by atoms with Crippen LogP contribution in [0.5, 0.6) is 5.75 Å². The summed E-state index contributed by atoms with van der Waals surface area (Å²) in [6, 6.07) is 5.64. The maximum absolute atomic E-state index is 12.7. The lowest BCUT2D eigenvalue weighted by Gasteiger charge is -2.29. The van der Waals surface area contributed by atoms with Gasteiger partial charge in [-0.1, -0.05) is 19.9 Å². The van der Waals surface area contributed by atoms with Crippen molar-refractivity contribution in [3.63, 3.8) is 0 Å². The first-order valence-electron chi connectivity index (χ1n) is 9.38. The van der Waals surface area contributed by atoms with Crippen LogP contribution in [-0.2, 0) is 4.79 Å². The van der Waals surface area contributed by atoms with Gasteiger partial charge < -0.3 is 15.8 Å². The van der Waals surface area contributed by atoms with Gasteiger partial charge in [-0.3, -0.25) is 9.59 Å². The summed E-state index contributed by atoms with van der Waals surface area (Å²) in [5, 5.41) is 2.85. The van der Waals surface area contributed by atoms with Crippen LogP contribution in [0.15, 0.2) is 18.2 Å². The third-order valence-electron chi connectivity index (χ3n) is 5.50. The van der Waals surface area contributed by atoms with Gasteiger partial charge in [0.1, 0.15) is 11.3 Å². The molecule has 0 spiro atoms. The highest BCUT2D eigenvalue weighted by atomic mass is 16.5. The Labute approximate surface area is 149 Å². The predicted molar refractivity (Wildman–Crippen MR) is 96.6 cm³/mol. The van der Waals surface area contributed by atoms with Crippen LogP contribution < -0.4 is 15.8 Å². The minimum atomic E-state index is -0.999. The molecule has 3 N–H and O–H groups in total. The number of nitrogens with one attached hydrogen (secondary N) is 1. The first-order chi connectivity index (χ1) is 12.0. The fraction of sp³-hybridized carbons (Fsp3) is 0.600. The smallest absolute Gasteiger partial charge is 0.252 e. The molecule has 0 atom stereocenters. The van der Waals surface area contributed by atoms with Crippen LogP contribution in [0.3, 0.4) is 0 Å². The number of nitrogens with two attached hydrogens (primary N) is 1. The zero-order valence-electron chi connectivity index (χ0n) is 15.1. The zero-order chi connectivity index (χ0) is 18.0.